The predicted octanol–water partition coefficient (Wildman–Crippen LogP) is 4.21. The fourth-order valence-electron chi connectivity index (χ4n) is 3.96. The van der Waals surface area contributed by atoms with Crippen molar-refractivity contribution < 1.29 is 17.9 Å². The number of aromatic nitrogens is 3. The Hall–Kier alpha value is -3.63. The average Bonchev–Trinajstić information content (AvgIpc) is 3.40. The van der Waals surface area contributed by atoms with Gasteiger partial charge in [0, 0.05) is 47.2 Å². The first-order valence-electron chi connectivity index (χ1n) is 10.9. The maximum Gasteiger partial charge on any atom is 0.230 e. The molecule has 1 fully saturated rings. The van der Waals surface area contributed by atoms with Crippen LogP contribution >= 0.6 is 0 Å². The second-order valence-electron chi connectivity index (χ2n) is 8.32. The van der Waals surface area contributed by atoms with E-state index in [-0.39, 0.29) is 6.10 Å². The molecule has 1 atom stereocenters. The number of aryl methyl sites for hydroxylation is 1. The van der Waals surface area contributed by atoms with E-state index in [2.05, 4.69) is 26.3 Å². The lowest BCUT2D eigenvalue weighted by atomic mass is 10.2. The zero-order valence-corrected chi connectivity index (χ0v) is 19.7. The first-order chi connectivity index (χ1) is 16.3. The summed E-state index contributed by atoms with van der Waals surface area (Å²) in [5.41, 5.74) is 2.89. The van der Waals surface area contributed by atoms with Crippen LogP contribution < -0.4 is 14.8 Å². The molecule has 1 aliphatic rings. The van der Waals surface area contributed by atoms with E-state index in [0.29, 0.717) is 42.8 Å². The van der Waals surface area contributed by atoms with Gasteiger partial charge in [0.2, 0.25) is 21.9 Å². The zero-order valence-electron chi connectivity index (χ0n) is 18.9. The second kappa shape index (κ2) is 8.96. The zero-order chi connectivity index (χ0) is 23.7. The van der Waals surface area contributed by atoms with E-state index in [1.807, 2.05) is 49.4 Å². The molecule has 4 aromatic rings. The molecule has 0 radical (unpaired) electrons. The molecule has 1 saturated heterocycles. The van der Waals surface area contributed by atoms with Crippen molar-refractivity contribution in [1.82, 2.24) is 19.3 Å². The molecular weight excluding hydrogens is 454 g/mol. The van der Waals surface area contributed by atoms with Gasteiger partial charge in [-0.25, -0.2) is 13.4 Å². The standard InChI is InChI=1S/C24H25N5O4S/c1-16-12-17-13-20(6-7-22(17)26-16)33-23-8-10-25-24(28-23)27-18-4-3-5-19(14-18)32-21-9-11-29(15-21)34(2,30)31/h3-8,10,12-14,21,26H,9,11,15H2,1-2H3,(H,25,27,28). The summed E-state index contributed by atoms with van der Waals surface area (Å²) < 4.78 is 36.8. The fraction of sp³-hybridized carbons (Fsp3) is 0.250. The maximum atomic E-state index is 11.7. The lowest BCUT2D eigenvalue weighted by Crippen LogP contribution is -2.29. The van der Waals surface area contributed by atoms with E-state index in [0.717, 1.165) is 22.3 Å². The van der Waals surface area contributed by atoms with Crippen molar-refractivity contribution in [3.8, 4) is 17.4 Å². The molecule has 2 aromatic carbocycles. The Bertz CT molecular complexity index is 1440. The van der Waals surface area contributed by atoms with Crippen molar-refractivity contribution in [2.75, 3.05) is 24.7 Å². The van der Waals surface area contributed by atoms with Gasteiger partial charge < -0.3 is 19.8 Å². The Balaban J connectivity index is 1.25. The number of hydrogen-bond acceptors (Lipinski definition) is 7. The number of nitrogens with zero attached hydrogens (tertiary/aromatic N) is 3. The summed E-state index contributed by atoms with van der Waals surface area (Å²) in [7, 11) is -3.20. The van der Waals surface area contributed by atoms with Crippen LogP contribution in [0.1, 0.15) is 12.1 Å². The molecular formula is C24H25N5O4S. The molecule has 0 bridgehead atoms. The highest BCUT2D eigenvalue weighted by molar-refractivity contribution is 7.88. The molecule has 9 nitrogen and oxygen atoms in total. The van der Waals surface area contributed by atoms with Crippen LogP contribution in [0.15, 0.2) is 60.8 Å². The number of sulfonamides is 1. The molecule has 0 aliphatic carbocycles. The Morgan fingerprint density at radius 3 is 2.82 bits per heavy atom. The molecule has 34 heavy (non-hydrogen) atoms. The van der Waals surface area contributed by atoms with E-state index >= 15 is 0 Å². The molecule has 0 spiro atoms. The number of aromatic amines is 1. The Morgan fingerprint density at radius 2 is 2.00 bits per heavy atom. The van der Waals surface area contributed by atoms with Crippen LogP contribution in [0.3, 0.4) is 0 Å². The van der Waals surface area contributed by atoms with Gasteiger partial charge in [-0.1, -0.05) is 6.07 Å². The number of H-pyrrole nitrogens is 1. The van der Waals surface area contributed by atoms with Crippen molar-refractivity contribution in [2.45, 2.75) is 19.4 Å². The van der Waals surface area contributed by atoms with Gasteiger partial charge in [-0.15, -0.1) is 0 Å². The smallest absolute Gasteiger partial charge is 0.230 e. The Labute approximate surface area is 197 Å². The number of anilines is 2. The molecule has 1 unspecified atom stereocenters. The van der Waals surface area contributed by atoms with Gasteiger partial charge in [0.25, 0.3) is 0 Å². The number of hydrogen-bond donors (Lipinski definition) is 2. The summed E-state index contributed by atoms with van der Waals surface area (Å²) >= 11 is 0. The molecule has 2 aromatic heterocycles. The van der Waals surface area contributed by atoms with Crippen LogP contribution in [0, 0.1) is 6.92 Å². The summed E-state index contributed by atoms with van der Waals surface area (Å²) in [5, 5.41) is 4.24. The van der Waals surface area contributed by atoms with Gasteiger partial charge in [-0.05, 0) is 49.7 Å². The van der Waals surface area contributed by atoms with Crippen molar-refractivity contribution in [2.24, 2.45) is 0 Å². The highest BCUT2D eigenvalue weighted by atomic mass is 32.2. The lowest BCUT2D eigenvalue weighted by molar-refractivity contribution is 0.216. The highest BCUT2D eigenvalue weighted by Crippen LogP contribution is 2.27. The first kappa shape index (κ1) is 22.2. The molecule has 2 N–H and O–H groups in total. The van der Waals surface area contributed by atoms with Gasteiger partial charge in [0.05, 0.1) is 12.8 Å². The van der Waals surface area contributed by atoms with Crippen molar-refractivity contribution in [3.05, 3.63) is 66.5 Å². The predicted molar refractivity (Wildman–Crippen MR) is 130 cm³/mol. The third-order valence-corrected chi connectivity index (χ3v) is 6.82. The van der Waals surface area contributed by atoms with Gasteiger partial charge in [-0.3, -0.25) is 0 Å². The van der Waals surface area contributed by atoms with Crippen molar-refractivity contribution >= 4 is 32.6 Å². The summed E-state index contributed by atoms with van der Waals surface area (Å²) in [6.07, 6.45) is 3.32. The lowest BCUT2D eigenvalue weighted by Gasteiger charge is -2.16. The van der Waals surface area contributed by atoms with Crippen molar-refractivity contribution in [1.29, 1.82) is 0 Å². The van der Waals surface area contributed by atoms with E-state index < -0.39 is 10.0 Å². The van der Waals surface area contributed by atoms with E-state index in [1.165, 1.54) is 10.6 Å². The minimum atomic E-state index is -3.20. The normalized spacial score (nSPS) is 16.6. The summed E-state index contributed by atoms with van der Waals surface area (Å²) in [6.45, 7) is 2.84. The topological polar surface area (TPSA) is 109 Å². The Kier molecular flexibility index (Phi) is 5.84. The summed E-state index contributed by atoms with van der Waals surface area (Å²) in [4.78, 5) is 12.0. The number of nitrogens with one attached hydrogen (secondary N) is 2. The van der Waals surface area contributed by atoms with Crippen LogP contribution in [-0.2, 0) is 10.0 Å². The highest BCUT2D eigenvalue weighted by Gasteiger charge is 2.29. The third kappa shape index (κ3) is 5.13. The molecule has 0 amide bonds. The summed E-state index contributed by atoms with van der Waals surface area (Å²) in [6, 6.07) is 17.0. The van der Waals surface area contributed by atoms with E-state index in [4.69, 9.17) is 9.47 Å². The molecule has 3 heterocycles. The molecule has 176 valence electrons. The minimum Gasteiger partial charge on any atom is -0.489 e. The van der Waals surface area contributed by atoms with Crippen LogP contribution in [0.5, 0.6) is 17.4 Å². The van der Waals surface area contributed by atoms with Gasteiger partial charge >= 0.3 is 0 Å². The second-order valence-corrected chi connectivity index (χ2v) is 10.3. The number of fused-ring (bicyclic) bond motifs is 1. The van der Waals surface area contributed by atoms with Gasteiger partial charge in [0.1, 0.15) is 17.6 Å². The number of ether oxygens (including phenoxy) is 2. The average molecular weight is 480 g/mol. The monoisotopic (exact) mass is 479 g/mol. The first-order valence-corrected chi connectivity index (χ1v) is 12.8. The van der Waals surface area contributed by atoms with Crippen molar-refractivity contribution in [3.63, 3.8) is 0 Å². The molecule has 0 saturated carbocycles. The third-order valence-electron chi connectivity index (χ3n) is 5.55. The van der Waals surface area contributed by atoms with E-state index in [1.54, 1.807) is 12.3 Å². The molecule has 5 rings (SSSR count). The molecule has 10 heteroatoms. The maximum absolute atomic E-state index is 11.7. The van der Waals surface area contributed by atoms with Crippen LogP contribution in [0.25, 0.3) is 10.9 Å². The van der Waals surface area contributed by atoms with Crippen LogP contribution in [0.2, 0.25) is 0 Å². The van der Waals surface area contributed by atoms with Crippen LogP contribution in [0.4, 0.5) is 11.6 Å². The molecule has 1 aliphatic heterocycles. The van der Waals surface area contributed by atoms with Gasteiger partial charge in [-0.2, -0.15) is 9.29 Å². The minimum absolute atomic E-state index is 0.181. The quantitative estimate of drug-likeness (QED) is 0.408. The fourth-order valence-corrected chi connectivity index (χ4v) is 4.84. The Morgan fingerprint density at radius 1 is 1.12 bits per heavy atom. The number of rotatable bonds is 7. The largest absolute Gasteiger partial charge is 0.489 e. The number of benzene rings is 2. The van der Waals surface area contributed by atoms with E-state index in [9.17, 15) is 8.42 Å². The summed E-state index contributed by atoms with van der Waals surface area (Å²) in [5.74, 6) is 2.14. The van der Waals surface area contributed by atoms with Gasteiger partial charge in [0.15, 0.2) is 0 Å². The van der Waals surface area contributed by atoms with Crippen LogP contribution in [-0.4, -0.2) is 53.1 Å². The SMILES string of the molecule is Cc1cc2cc(Oc3ccnc(Nc4cccc(OC5CCN(S(C)(=O)=O)C5)c4)n3)ccc2[nH]1.